The van der Waals surface area contributed by atoms with E-state index in [2.05, 4.69) is 10.3 Å². The number of benzene rings is 4. The van der Waals surface area contributed by atoms with Crippen LogP contribution in [0.1, 0.15) is 11.1 Å². The fourth-order valence-electron chi connectivity index (χ4n) is 3.57. The van der Waals surface area contributed by atoms with Gasteiger partial charge in [-0.1, -0.05) is 71.7 Å². The Morgan fingerprint density at radius 2 is 1.74 bits per heavy atom. The minimum Gasteiger partial charge on any atom is -0.488 e. The van der Waals surface area contributed by atoms with Crippen molar-refractivity contribution in [1.29, 1.82) is 0 Å². The summed E-state index contributed by atoms with van der Waals surface area (Å²) < 4.78 is 6.18. The monoisotopic (exact) mass is 504 g/mol. The lowest BCUT2D eigenvalue weighted by molar-refractivity contribution is -0.115. The Balaban J connectivity index is 1.48. The van der Waals surface area contributed by atoms with E-state index in [1.807, 2.05) is 78.9 Å². The van der Waals surface area contributed by atoms with Crippen LogP contribution in [-0.4, -0.2) is 11.1 Å². The summed E-state index contributed by atoms with van der Waals surface area (Å²) in [6, 6.07) is 26.7. The minimum atomic E-state index is -0.206. The van der Waals surface area contributed by atoms with Crippen LogP contribution in [0.4, 0.5) is 5.69 Å². The summed E-state index contributed by atoms with van der Waals surface area (Å²) in [4.78, 5) is 17.8. The van der Waals surface area contributed by atoms with Gasteiger partial charge in [0.05, 0.1) is 10.6 Å². The van der Waals surface area contributed by atoms with Crippen molar-refractivity contribution in [2.75, 3.05) is 0 Å². The lowest BCUT2D eigenvalue weighted by Crippen LogP contribution is -2.19. The summed E-state index contributed by atoms with van der Waals surface area (Å²) in [5, 5.41) is 6.66. The number of hydrogen-bond acceptors (Lipinski definition) is 4. The molecular formula is C27H18Cl2N2O2S. The molecule has 1 aliphatic rings. The molecule has 0 bridgehead atoms. The summed E-state index contributed by atoms with van der Waals surface area (Å²) >= 11 is 13.3. The van der Waals surface area contributed by atoms with Crippen molar-refractivity contribution >= 4 is 68.6 Å². The van der Waals surface area contributed by atoms with E-state index >= 15 is 0 Å². The van der Waals surface area contributed by atoms with E-state index in [4.69, 9.17) is 27.9 Å². The van der Waals surface area contributed by atoms with Crippen LogP contribution in [0.15, 0.2) is 94.8 Å². The summed E-state index contributed by atoms with van der Waals surface area (Å²) in [5.74, 6) is 0.483. The molecule has 0 atom stereocenters. The number of amides is 1. The standard InChI is InChI=1S/C27H18Cl2N2O2S/c28-19-11-8-17(9-12-19)16-33-24-13-10-18-4-1-2-7-22(18)23(24)15-25-26(32)31-27(34-25)30-21-6-3-5-20(29)14-21/h1-15H,16H2,(H,30,31,32)/b25-15-. The normalized spacial score (nSPS) is 15.8. The lowest BCUT2D eigenvalue weighted by Gasteiger charge is -2.13. The molecule has 34 heavy (non-hydrogen) atoms. The predicted molar refractivity (Wildman–Crippen MR) is 142 cm³/mol. The average molecular weight is 505 g/mol. The number of halogens is 2. The number of nitrogens with one attached hydrogen (secondary N) is 1. The average Bonchev–Trinajstić information content (AvgIpc) is 3.18. The molecule has 4 aromatic carbocycles. The van der Waals surface area contributed by atoms with Crippen LogP contribution < -0.4 is 10.1 Å². The summed E-state index contributed by atoms with van der Waals surface area (Å²) in [6.45, 7) is 0.381. The van der Waals surface area contributed by atoms with Gasteiger partial charge in [-0.2, -0.15) is 0 Å². The van der Waals surface area contributed by atoms with E-state index in [1.54, 1.807) is 12.1 Å². The zero-order valence-corrected chi connectivity index (χ0v) is 20.1. The Kier molecular flexibility index (Phi) is 6.59. The molecule has 1 amide bonds. The van der Waals surface area contributed by atoms with E-state index in [-0.39, 0.29) is 5.91 Å². The first-order chi connectivity index (χ1) is 16.5. The molecule has 1 heterocycles. The maximum absolute atomic E-state index is 12.7. The van der Waals surface area contributed by atoms with E-state index in [9.17, 15) is 4.79 Å². The third kappa shape index (κ3) is 5.12. The summed E-state index contributed by atoms with van der Waals surface area (Å²) in [7, 11) is 0. The first-order valence-electron chi connectivity index (χ1n) is 10.5. The van der Waals surface area contributed by atoms with Crippen molar-refractivity contribution in [3.8, 4) is 5.75 Å². The second-order valence-electron chi connectivity index (χ2n) is 7.58. The van der Waals surface area contributed by atoms with Gasteiger partial charge in [-0.05, 0) is 70.6 Å². The third-order valence-electron chi connectivity index (χ3n) is 5.20. The van der Waals surface area contributed by atoms with Crippen LogP contribution in [0.3, 0.4) is 0 Å². The number of thioether (sulfide) groups is 1. The van der Waals surface area contributed by atoms with Crippen molar-refractivity contribution in [2.24, 2.45) is 4.99 Å². The molecule has 1 saturated heterocycles. The number of amidine groups is 1. The molecule has 1 N–H and O–H groups in total. The van der Waals surface area contributed by atoms with E-state index in [1.165, 1.54) is 11.8 Å². The maximum Gasteiger partial charge on any atom is 0.264 e. The van der Waals surface area contributed by atoms with Crippen LogP contribution in [0, 0.1) is 0 Å². The van der Waals surface area contributed by atoms with Crippen LogP contribution in [0.25, 0.3) is 16.8 Å². The molecule has 4 nitrogen and oxygen atoms in total. The van der Waals surface area contributed by atoms with Gasteiger partial charge in [0.15, 0.2) is 5.17 Å². The molecule has 0 saturated carbocycles. The van der Waals surface area contributed by atoms with E-state index in [0.29, 0.717) is 38.2 Å². The molecule has 0 unspecified atom stereocenters. The number of hydrogen-bond donors (Lipinski definition) is 1. The molecule has 1 fully saturated rings. The Bertz CT molecular complexity index is 1450. The molecule has 1 aliphatic heterocycles. The first-order valence-corrected chi connectivity index (χ1v) is 12.1. The van der Waals surface area contributed by atoms with Crippen molar-refractivity contribution < 1.29 is 9.53 Å². The number of carbonyl (C=O) groups is 1. The second kappa shape index (κ2) is 9.94. The van der Waals surface area contributed by atoms with Gasteiger partial charge in [0.2, 0.25) is 0 Å². The number of aliphatic imine (C=N–C) groups is 1. The van der Waals surface area contributed by atoms with E-state index < -0.39 is 0 Å². The van der Waals surface area contributed by atoms with Gasteiger partial charge >= 0.3 is 0 Å². The number of rotatable bonds is 5. The zero-order chi connectivity index (χ0) is 23.5. The molecule has 7 heteroatoms. The Labute approximate surface area is 211 Å². The molecule has 0 aliphatic carbocycles. The van der Waals surface area contributed by atoms with Crippen LogP contribution in [0.5, 0.6) is 5.75 Å². The van der Waals surface area contributed by atoms with Gasteiger partial charge < -0.3 is 10.1 Å². The van der Waals surface area contributed by atoms with Crippen LogP contribution in [-0.2, 0) is 11.4 Å². The molecule has 4 aromatic rings. The number of nitrogens with zero attached hydrogens (tertiary/aromatic N) is 1. The molecule has 5 rings (SSSR count). The zero-order valence-electron chi connectivity index (χ0n) is 17.8. The molecule has 0 aromatic heterocycles. The fourth-order valence-corrected chi connectivity index (χ4v) is 4.70. The molecule has 168 valence electrons. The van der Waals surface area contributed by atoms with Gasteiger partial charge in [-0.3, -0.25) is 4.79 Å². The quantitative estimate of drug-likeness (QED) is 0.284. The highest BCUT2D eigenvalue weighted by atomic mass is 35.5. The van der Waals surface area contributed by atoms with Crippen LogP contribution >= 0.6 is 35.0 Å². The highest BCUT2D eigenvalue weighted by Gasteiger charge is 2.25. The third-order valence-corrected chi connectivity index (χ3v) is 6.60. The van der Waals surface area contributed by atoms with Crippen molar-refractivity contribution in [3.05, 3.63) is 111 Å². The Morgan fingerprint density at radius 1 is 0.912 bits per heavy atom. The van der Waals surface area contributed by atoms with Gasteiger partial charge in [0.25, 0.3) is 5.91 Å². The number of fused-ring (bicyclic) bond motifs is 1. The van der Waals surface area contributed by atoms with Crippen molar-refractivity contribution in [3.63, 3.8) is 0 Å². The number of carbonyl (C=O) groups excluding carboxylic acids is 1. The topological polar surface area (TPSA) is 50.7 Å². The van der Waals surface area contributed by atoms with Gasteiger partial charge in [-0.25, -0.2) is 4.99 Å². The smallest absolute Gasteiger partial charge is 0.264 e. The lowest BCUT2D eigenvalue weighted by atomic mass is 10.0. The molecule has 0 spiro atoms. The highest BCUT2D eigenvalue weighted by Crippen LogP contribution is 2.35. The summed E-state index contributed by atoms with van der Waals surface area (Å²) in [6.07, 6.45) is 1.86. The first kappa shape index (κ1) is 22.5. The molecule has 0 radical (unpaired) electrons. The Hall–Kier alpha value is -3.25. The largest absolute Gasteiger partial charge is 0.488 e. The van der Waals surface area contributed by atoms with Crippen molar-refractivity contribution in [1.82, 2.24) is 5.32 Å². The molecular weight excluding hydrogens is 487 g/mol. The minimum absolute atomic E-state index is 0.206. The van der Waals surface area contributed by atoms with Crippen LogP contribution in [0.2, 0.25) is 10.0 Å². The van der Waals surface area contributed by atoms with Gasteiger partial charge in [0.1, 0.15) is 12.4 Å². The van der Waals surface area contributed by atoms with Crippen molar-refractivity contribution in [2.45, 2.75) is 6.61 Å². The fraction of sp³-hybridized carbons (Fsp3) is 0.0370. The highest BCUT2D eigenvalue weighted by molar-refractivity contribution is 8.18. The van der Waals surface area contributed by atoms with E-state index in [0.717, 1.165) is 21.9 Å². The number of ether oxygens (including phenoxy) is 1. The predicted octanol–water partition coefficient (Wildman–Crippen LogP) is 7.62. The second-order valence-corrected chi connectivity index (χ2v) is 9.48. The maximum atomic E-state index is 12.7. The Morgan fingerprint density at radius 3 is 2.56 bits per heavy atom. The van der Waals surface area contributed by atoms with Gasteiger partial charge in [-0.15, -0.1) is 0 Å². The summed E-state index contributed by atoms with van der Waals surface area (Å²) in [5.41, 5.74) is 2.52. The van der Waals surface area contributed by atoms with Gasteiger partial charge in [0, 0.05) is 15.6 Å². The SMILES string of the molecule is O=C1NC(=Nc2cccc(Cl)c2)S/C1=C\c1c(OCc2ccc(Cl)cc2)ccc2ccccc12.